The number of likely N-dealkylation sites (tertiary alicyclic amines) is 1. The summed E-state index contributed by atoms with van der Waals surface area (Å²) in [5.74, 6) is 1.47. The Morgan fingerprint density at radius 3 is 2.74 bits per heavy atom. The van der Waals surface area contributed by atoms with Gasteiger partial charge in [0.05, 0.1) is 5.02 Å². The Kier molecular flexibility index (Phi) is 6.39. The molecule has 3 rings (SSSR count). The molecule has 1 aromatic carbocycles. The molecular weight excluding hydrogens is 364 g/mol. The number of hydrogen-bond acceptors (Lipinski definition) is 4. The second kappa shape index (κ2) is 8.76. The molecule has 1 amide bonds. The summed E-state index contributed by atoms with van der Waals surface area (Å²) in [6, 6.07) is 4.61. The Morgan fingerprint density at radius 1 is 1.33 bits per heavy atom. The second-order valence-electron chi connectivity index (χ2n) is 7.37. The van der Waals surface area contributed by atoms with Gasteiger partial charge in [-0.1, -0.05) is 11.6 Å². The van der Waals surface area contributed by atoms with Gasteiger partial charge in [-0.3, -0.25) is 4.79 Å². The lowest BCUT2D eigenvalue weighted by molar-refractivity contribution is 0.0710. The molecule has 1 aliphatic heterocycles. The predicted octanol–water partition coefficient (Wildman–Crippen LogP) is 3.21. The van der Waals surface area contributed by atoms with Crippen molar-refractivity contribution in [2.24, 2.45) is 0 Å². The number of aryl methyl sites for hydroxylation is 1. The van der Waals surface area contributed by atoms with E-state index in [9.17, 15) is 9.90 Å². The van der Waals surface area contributed by atoms with Crippen LogP contribution in [-0.4, -0.2) is 64.1 Å². The fourth-order valence-electron chi connectivity index (χ4n) is 3.59. The quantitative estimate of drug-likeness (QED) is 0.822. The van der Waals surface area contributed by atoms with Crippen molar-refractivity contribution in [3.8, 4) is 5.75 Å². The van der Waals surface area contributed by atoms with Crippen molar-refractivity contribution in [1.29, 1.82) is 0 Å². The molecule has 1 saturated heterocycles. The number of nitrogens with zero attached hydrogens (tertiary/aromatic N) is 4. The summed E-state index contributed by atoms with van der Waals surface area (Å²) in [5, 5.41) is 9.73. The lowest BCUT2D eigenvalue weighted by Gasteiger charge is -2.32. The number of carbonyl (C=O) groups is 1. The van der Waals surface area contributed by atoms with Crippen LogP contribution in [0.4, 0.5) is 0 Å². The molecule has 1 fully saturated rings. The Labute approximate surface area is 165 Å². The maximum absolute atomic E-state index is 12.7. The lowest BCUT2D eigenvalue weighted by atomic mass is 9.95. The summed E-state index contributed by atoms with van der Waals surface area (Å²) >= 11 is 5.93. The fourth-order valence-corrected chi connectivity index (χ4v) is 3.77. The first-order valence-electron chi connectivity index (χ1n) is 9.39. The van der Waals surface area contributed by atoms with Crippen LogP contribution in [0.5, 0.6) is 5.75 Å². The number of halogens is 1. The van der Waals surface area contributed by atoms with Gasteiger partial charge in [0.2, 0.25) is 0 Å². The van der Waals surface area contributed by atoms with Crippen molar-refractivity contribution in [2.75, 3.05) is 33.7 Å². The van der Waals surface area contributed by atoms with Gasteiger partial charge < -0.3 is 19.5 Å². The molecule has 0 bridgehead atoms. The highest BCUT2D eigenvalue weighted by atomic mass is 35.5. The molecule has 146 valence electrons. The highest BCUT2D eigenvalue weighted by Gasteiger charge is 2.27. The van der Waals surface area contributed by atoms with E-state index in [0.717, 1.165) is 38.2 Å². The molecule has 1 aliphatic rings. The molecule has 0 saturated carbocycles. The fraction of sp³-hybridized carbons (Fsp3) is 0.500. The second-order valence-corrected chi connectivity index (χ2v) is 7.78. The van der Waals surface area contributed by atoms with Gasteiger partial charge in [0, 0.05) is 43.5 Å². The van der Waals surface area contributed by atoms with Gasteiger partial charge in [-0.05, 0) is 58.1 Å². The van der Waals surface area contributed by atoms with Gasteiger partial charge in [0.25, 0.3) is 5.91 Å². The van der Waals surface area contributed by atoms with Gasteiger partial charge in [-0.25, -0.2) is 4.98 Å². The van der Waals surface area contributed by atoms with Gasteiger partial charge in [-0.15, -0.1) is 0 Å². The molecule has 1 N–H and O–H groups in total. The summed E-state index contributed by atoms with van der Waals surface area (Å²) in [5.41, 5.74) is 0.515. The van der Waals surface area contributed by atoms with Crippen molar-refractivity contribution in [3.05, 3.63) is 47.0 Å². The zero-order valence-corrected chi connectivity index (χ0v) is 16.7. The van der Waals surface area contributed by atoms with Gasteiger partial charge in [0.1, 0.15) is 11.6 Å². The molecule has 27 heavy (non-hydrogen) atoms. The van der Waals surface area contributed by atoms with E-state index in [-0.39, 0.29) is 16.7 Å². The normalized spacial score (nSPS) is 15.5. The number of phenolic OH excluding ortho intramolecular Hbond substituents is 1. The summed E-state index contributed by atoms with van der Waals surface area (Å²) in [7, 11) is 4.17. The predicted molar refractivity (Wildman–Crippen MR) is 106 cm³/mol. The summed E-state index contributed by atoms with van der Waals surface area (Å²) in [4.78, 5) is 21.3. The van der Waals surface area contributed by atoms with Crippen LogP contribution in [0.25, 0.3) is 0 Å². The summed E-state index contributed by atoms with van der Waals surface area (Å²) in [6.45, 7) is 3.43. The van der Waals surface area contributed by atoms with Gasteiger partial charge in [0.15, 0.2) is 0 Å². The molecule has 0 atom stereocenters. The average Bonchev–Trinajstić information content (AvgIpc) is 3.12. The maximum Gasteiger partial charge on any atom is 0.253 e. The third-order valence-corrected chi connectivity index (χ3v) is 5.40. The topological polar surface area (TPSA) is 61.6 Å². The Hall–Kier alpha value is -2.05. The van der Waals surface area contributed by atoms with Crippen molar-refractivity contribution in [2.45, 2.75) is 31.7 Å². The monoisotopic (exact) mass is 390 g/mol. The largest absolute Gasteiger partial charge is 0.506 e. The third-order valence-electron chi connectivity index (χ3n) is 5.09. The van der Waals surface area contributed by atoms with E-state index in [1.165, 1.54) is 12.1 Å². The van der Waals surface area contributed by atoms with Crippen molar-refractivity contribution in [3.63, 3.8) is 0 Å². The molecule has 0 aliphatic carbocycles. The highest BCUT2D eigenvalue weighted by molar-refractivity contribution is 6.32. The summed E-state index contributed by atoms with van der Waals surface area (Å²) in [6.07, 6.45) is 6.84. The molecule has 2 aromatic rings. The van der Waals surface area contributed by atoms with Crippen LogP contribution in [0.15, 0.2) is 30.6 Å². The number of phenols is 1. The van der Waals surface area contributed by atoms with E-state index in [2.05, 4.69) is 34.7 Å². The number of carbonyl (C=O) groups excluding carboxylic acids is 1. The zero-order valence-electron chi connectivity index (χ0n) is 15.9. The smallest absolute Gasteiger partial charge is 0.253 e. The number of hydrogen-bond donors (Lipinski definition) is 1. The van der Waals surface area contributed by atoms with Crippen LogP contribution in [0, 0.1) is 0 Å². The number of piperidine rings is 1. The molecule has 7 heteroatoms. The lowest BCUT2D eigenvalue weighted by Crippen LogP contribution is -2.38. The van der Waals surface area contributed by atoms with E-state index in [4.69, 9.17) is 11.6 Å². The van der Waals surface area contributed by atoms with Crippen molar-refractivity contribution < 1.29 is 9.90 Å². The molecule has 0 spiro atoms. The van der Waals surface area contributed by atoms with Crippen LogP contribution in [0.2, 0.25) is 5.02 Å². The van der Waals surface area contributed by atoms with Crippen LogP contribution in [0.1, 0.15) is 41.4 Å². The highest BCUT2D eigenvalue weighted by Crippen LogP contribution is 2.29. The maximum atomic E-state index is 12.7. The molecule has 0 unspecified atom stereocenters. The third kappa shape index (κ3) is 4.82. The SMILES string of the molecule is CN(C)CCCn1ccnc1C1CCN(C(=O)c2ccc(O)c(Cl)c2)CC1. The zero-order chi connectivity index (χ0) is 19.4. The Balaban J connectivity index is 1.58. The van der Waals surface area contributed by atoms with Crippen molar-refractivity contribution >= 4 is 17.5 Å². The van der Waals surface area contributed by atoms with E-state index >= 15 is 0 Å². The van der Waals surface area contributed by atoms with E-state index in [1.54, 1.807) is 6.07 Å². The molecule has 0 radical (unpaired) electrons. The van der Waals surface area contributed by atoms with Gasteiger partial charge >= 0.3 is 0 Å². The number of aromatic nitrogens is 2. The Morgan fingerprint density at radius 2 is 2.07 bits per heavy atom. The molecule has 1 aromatic heterocycles. The average molecular weight is 391 g/mol. The van der Waals surface area contributed by atoms with Crippen molar-refractivity contribution in [1.82, 2.24) is 19.4 Å². The minimum atomic E-state index is -0.0373. The molecule has 6 nitrogen and oxygen atoms in total. The minimum absolute atomic E-state index is 0.00646. The van der Waals surface area contributed by atoms with Crippen LogP contribution in [-0.2, 0) is 6.54 Å². The van der Waals surface area contributed by atoms with Crippen LogP contribution < -0.4 is 0 Å². The first-order valence-corrected chi connectivity index (χ1v) is 9.77. The minimum Gasteiger partial charge on any atom is -0.506 e. The summed E-state index contributed by atoms with van der Waals surface area (Å²) < 4.78 is 2.26. The number of rotatable bonds is 6. The molecular formula is C20H27ClN4O2. The van der Waals surface area contributed by atoms with Crippen LogP contribution in [0.3, 0.4) is 0 Å². The molecule has 2 heterocycles. The first-order chi connectivity index (χ1) is 13.0. The van der Waals surface area contributed by atoms with E-state index < -0.39 is 0 Å². The number of imidazole rings is 1. The number of amides is 1. The number of benzene rings is 1. The van der Waals surface area contributed by atoms with E-state index in [0.29, 0.717) is 24.6 Å². The number of aromatic hydroxyl groups is 1. The Bertz CT molecular complexity index is 782. The van der Waals surface area contributed by atoms with E-state index in [1.807, 2.05) is 11.1 Å². The van der Waals surface area contributed by atoms with Crippen LogP contribution >= 0.6 is 11.6 Å². The van der Waals surface area contributed by atoms with Gasteiger partial charge in [-0.2, -0.15) is 0 Å². The first kappa shape index (κ1) is 19.7. The standard InChI is InChI=1S/C20H27ClN4O2/c1-23(2)9-3-10-24-13-8-22-19(24)15-6-11-25(12-7-15)20(27)16-4-5-18(26)17(21)14-16/h4-5,8,13-15,26H,3,6-7,9-12H2,1-2H3.